The number of carbonyl (C=O) groups excluding carboxylic acids is 1. The summed E-state index contributed by atoms with van der Waals surface area (Å²) in [5.74, 6) is 2.32. The van der Waals surface area contributed by atoms with Gasteiger partial charge in [0.15, 0.2) is 0 Å². The van der Waals surface area contributed by atoms with E-state index in [-0.39, 0.29) is 24.2 Å². The predicted molar refractivity (Wildman–Crippen MR) is 127 cm³/mol. The van der Waals surface area contributed by atoms with Crippen molar-refractivity contribution in [1.82, 2.24) is 15.1 Å². The number of cyclic esters (lactones) is 1. The van der Waals surface area contributed by atoms with Gasteiger partial charge in [0, 0.05) is 30.1 Å². The number of nitrogens with zero attached hydrogens (tertiary/aromatic N) is 4. The van der Waals surface area contributed by atoms with Gasteiger partial charge in [-0.15, -0.1) is 10.2 Å². The lowest BCUT2D eigenvalue weighted by molar-refractivity contribution is 0.0842. The van der Waals surface area contributed by atoms with Gasteiger partial charge in [0.25, 0.3) is 0 Å². The third-order valence-electron chi connectivity index (χ3n) is 6.54. The highest BCUT2D eigenvalue weighted by atomic mass is 35.5. The van der Waals surface area contributed by atoms with Crippen LogP contribution in [0, 0.1) is 6.92 Å². The molecule has 0 unspecified atom stereocenters. The number of carbonyl (C=O) groups is 1. The fraction of sp³-hybridized carbons (Fsp3) is 0.400. The lowest BCUT2D eigenvalue weighted by Crippen LogP contribution is -2.41. The Kier molecular flexibility index (Phi) is 6.43. The summed E-state index contributed by atoms with van der Waals surface area (Å²) < 4.78 is 17.0. The van der Waals surface area contributed by atoms with E-state index in [0.29, 0.717) is 23.3 Å². The van der Waals surface area contributed by atoms with Crippen LogP contribution in [-0.2, 0) is 4.74 Å². The molecule has 8 nitrogen and oxygen atoms in total. The van der Waals surface area contributed by atoms with E-state index >= 15 is 0 Å². The number of methoxy groups -OCH3 is 1. The van der Waals surface area contributed by atoms with Crippen LogP contribution in [0.4, 0.5) is 10.5 Å². The number of amides is 1. The molecule has 0 spiro atoms. The van der Waals surface area contributed by atoms with E-state index in [1.54, 1.807) is 24.1 Å². The molecule has 9 heteroatoms. The van der Waals surface area contributed by atoms with Crippen LogP contribution in [0.1, 0.15) is 42.1 Å². The average Bonchev–Trinajstić information content (AvgIpc) is 3.43. The first-order valence-electron chi connectivity index (χ1n) is 11.4. The molecule has 3 heterocycles. The number of likely N-dealkylation sites (tertiary alicyclic amines) is 1. The Morgan fingerprint density at radius 1 is 1.12 bits per heavy atom. The van der Waals surface area contributed by atoms with Gasteiger partial charge >= 0.3 is 6.09 Å². The molecule has 5 rings (SSSR count). The Morgan fingerprint density at radius 3 is 2.56 bits per heavy atom. The van der Waals surface area contributed by atoms with Crippen molar-refractivity contribution >= 4 is 23.4 Å². The molecule has 34 heavy (non-hydrogen) atoms. The number of ether oxygens (including phenoxy) is 2. The molecule has 2 aliphatic rings. The zero-order valence-electron chi connectivity index (χ0n) is 19.2. The average molecular weight is 483 g/mol. The van der Waals surface area contributed by atoms with E-state index in [2.05, 4.69) is 15.1 Å². The third-order valence-corrected chi connectivity index (χ3v) is 6.79. The molecular formula is C25H27ClN4O4. The van der Waals surface area contributed by atoms with Gasteiger partial charge in [-0.05, 0) is 67.9 Å². The minimum Gasteiger partial charge on any atom is -0.497 e. The van der Waals surface area contributed by atoms with Crippen LogP contribution in [0.15, 0.2) is 52.9 Å². The van der Waals surface area contributed by atoms with E-state index in [0.717, 1.165) is 42.9 Å². The van der Waals surface area contributed by atoms with E-state index in [4.69, 9.17) is 25.5 Å². The fourth-order valence-corrected chi connectivity index (χ4v) is 4.94. The van der Waals surface area contributed by atoms with Gasteiger partial charge in [0.05, 0.1) is 7.11 Å². The fourth-order valence-electron chi connectivity index (χ4n) is 4.82. The number of anilines is 1. The Hall–Kier alpha value is -3.10. The van der Waals surface area contributed by atoms with Crippen molar-refractivity contribution in [2.45, 2.75) is 37.8 Å². The zero-order chi connectivity index (χ0) is 23.7. The zero-order valence-corrected chi connectivity index (χ0v) is 19.9. The normalized spacial score (nSPS) is 21.6. The molecule has 0 bridgehead atoms. The summed E-state index contributed by atoms with van der Waals surface area (Å²) in [6, 6.07) is 14.8. The van der Waals surface area contributed by atoms with Crippen LogP contribution in [0.3, 0.4) is 0 Å². The van der Waals surface area contributed by atoms with Gasteiger partial charge in [-0.1, -0.05) is 23.7 Å². The molecule has 0 radical (unpaired) electrons. The Balaban J connectivity index is 1.37. The van der Waals surface area contributed by atoms with Crippen LogP contribution in [0.2, 0.25) is 5.02 Å². The second-order valence-electron chi connectivity index (χ2n) is 8.72. The summed E-state index contributed by atoms with van der Waals surface area (Å²) >= 11 is 6.09. The molecule has 1 aromatic heterocycles. The number of hydrogen-bond donors (Lipinski definition) is 0. The van der Waals surface area contributed by atoms with Crippen molar-refractivity contribution in [1.29, 1.82) is 0 Å². The number of benzene rings is 2. The molecule has 2 aliphatic heterocycles. The molecule has 0 N–H and O–H groups in total. The lowest BCUT2D eigenvalue weighted by atomic mass is 9.95. The van der Waals surface area contributed by atoms with Gasteiger partial charge in [0.1, 0.15) is 17.9 Å². The molecule has 1 amide bonds. The molecule has 3 aromatic rings. The SMILES string of the molecule is COc1cccc([C@H]2[C@H](CN3CCC(c4nnc(C)o4)CC3)OC(=O)N2c2ccc(Cl)cc2)c1. The minimum absolute atomic E-state index is 0.267. The van der Waals surface area contributed by atoms with Gasteiger partial charge in [-0.2, -0.15) is 0 Å². The maximum absolute atomic E-state index is 13.1. The van der Waals surface area contributed by atoms with E-state index < -0.39 is 0 Å². The molecule has 2 saturated heterocycles. The molecule has 2 aromatic carbocycles. The maximum Gasteiger partial charge on any atom is 0.415 e. The van der Waals surface area contributed by atoms with Gasteiger partial charge < -0.3 is 13.9 Å². The first kappa shape index (κ1) is 22.7. The predicted octanol–water partition coefficient (Wildman–Crippen LogP) is 4.99. The summed E-state index contributed by atoms with van der Waals surface area (Å²) in [4.78, 5) is 17.1. The largest absolute Gasteiger partial charge is 0.497 e. The summed E-state index contributed by atoms with van der Waals surface area (Å²) in [5.41, 5.74) is 1.71. The quantitative estimate of drug-likeness (QED) is 0.489. The molecule has 0 saturated carbocycles. The number of hydrogen-bond acceptors (Lipinski definition) is 7. The number of halogens is 1. The Bertz CT molecular complexity index is 1140. The van der Waals surface area contributed by atoms with Crippen LogP contribution >= 0.6 is 11.6 Å². The third kappa shape index (κ3) is 4.60. The highest BCUT2D eigenvalue weighted by Gasteiger charge is 2.44. The summed E-state index contributed by atoms with van der Waals surface area (Å²) in [6.45, 7) is 4.18. The first-order chi connectivity index (χ1) is 16.5. The second-order valence-corrected chi connectivity index (χ2v) is 9.16. The Morgan fingerprint density at radius 2 is 1.88 bits per heavy atom. The van der Waals surface area contributed by atoms with Gasteiger partial charge in [-0.25, -0.2) is 4.79 Å². The van der Waals surface area contributed by atoms with Crippen LogP contribution in [0.25, 0.3) is 0 Å². The van der Waals surface area contributed by atoms with Crippen molar-refractivity contribution in [3.63, 3.8) is 0 Å². The van der Waals surface area contributed by atoms with Crippen molar-refractivity contribution in [2.75, 3.05) is 31.6 Å². The highest BCUT2D eigenvalue weighted by molar-refractivity contribution is 6.30. The summed E-state index contributed by atoms with van der Waals surface area (Å²) in [5, 5.41) is 8.77. The monoisotopic (exact) mass is 482 g/mol. The topological polar surface area (TPSA) is 80.9 Å². The van der Waals surface area contributed by atoms with E-state index in [1.807, 2.05) is 43.3 Å². The molecule has 0 aliphatic carbocycles. The molecular weight excluding hydrogens is 456 g/mol. The molecule has 178 valence electrons. The number of rotatable bonds is 6. The van der Waals surface area contributed by atoms with Gasteiger partial charge in [0.2, 0.25) is 11.8 Å². The minimum atomic E-state index is -0.364. The smallest absolute Gasteiger partial charge is 0.415 e. The summed E-state index contributed by atoms with van der Waals surface area (Å²) in [7, 11) is 1.64. The van der Waals surface area contributed by atoms with Crippen molar-refractivity contribution < 1.29 is 18.7 Å². The lowest BCUT2D eigenvalue weighted by Gasteiger charge is -2.33. The second kappa shape index (κ2) is 9.64. The standard InChI is InChI=1S/C25H27ClN4O4/c1-16-27-28-24(33-16)17-10-12-29(13-11-17)15-22-23(18-4-3-5-21(14-18)32-2)30(25(31)34-22)20-8-6-19(26)7-9-20/h3-9,14,17,22-23H,10-13,15H2,1-2H3/t22-,23-/m0/s1. The Labute approximate surface area is 203 Å². The highest BCUT2D eigenvalue weighted by Crippen LogP contribution is 2.39. The van der Waals surface area contributed by atoms with Crippen molar-refractivity contribution in [2.24, 2.45) is 0 Å². The van der Waals surface area contributed by atoms with E-state index in [9.17, 15) is 4.79 Å². The summed E-state index contributed by atoms with van der Waals surface area (Å²) in [6.07, 6.45) is 1.15. The van der Waals surface area contributed by atoms with Crippen molar-refractivity contribution in [3.05, 3.63) is 70.9 Å². The molecule has 2 atom stereocenters. The van der Waals surface area contributed by atoms with Crippen LogP contribution in [-0.4, -0.2) is 54.0 Å². The number of aromatic nitrogens is 2. The first-order valence-corrected chi connectivity index (χ1v) is 11.8. The molecule has 2 fully saturated rings. The van der Waals surface area contributed by atoms with E-state index in [1.165, 1.54) is 0 Å². The van der Waals surface area contributed by atoms with Gasteiger partial charge in [-0.3, -0.25) is 9.80 Å². The maximum atomic E-state index is 13.1. The van der Waals surface area contributed by atoms with Crippen molar-refractivity contribution in [3.8, 4) is 5.75 Å². The number of aryl methyl sites for hydroxylation is 1. The number of piperidine rings is 1. The van der Waals surface area contributed by atoms with Crippen LogP contribution < -0.4 is 9.64 Å². The van der Waals surface area contributed by atoms with Crippen LogP contribution in [0.5, 0.6) is 5.75 Å².